The quantitative estimate of drug-likeness (QED) is 0.932. The lowest BCUT2D eigenvalue weighted by molar-refractivity contribution is -0.140. The van der Waals surface area contributed by atoms with Gasteiger partial charge in [-0.1, -0.05) is 6.92 Å². The summed E-state index contributed by atoms with van der Waals surface area (Å²) in [6, 6.07) is 1.42. The van der Waals surface area contributed by atoms with Crippen molar-refractivity contribution in [3.05, 3.63) is 24.2 Å². The highest BCUT2D eigenvalue weighted by Crippen LogP contribution is 2.42. The van der Waals surface area contributed by atoms with Crippen LogP contribution in [0.2, 0.25) is 0 Å². The Kier molecular flexibility index (Phi) is 4.66. The molecule has 0 spiro atoms. The van der Waals surface area contributed by atoms with E-state index >= 15 is 0 Å². The summed E-state index contributed by atoms with van der Waals surface area (Å²) in [6.45, 7) is 7.63. The smallest absolute Gasteiger partial charge is 0.244 e. The fourth-order valence-corrected chi connectivity index (χ4v) is 3.75. The van der Waals surface area contributed by atoms with E-state index in [0.717, 1.165) is 5.56 Å². The minimum atomic E-state index is -0.429. The number of thioether (sulfide) groups is 1. The maximum absolute atomic E-state index is 12.5. The number of hydrogen-bond acceptors (Lipinski definition) is 4. The van der Waals surface area contributed by atoms with E-state index in [9.17, 15) is 9.59 Å². The third-order valence-electron chi connectivity index (χ3n) is 3.22. The Morgan fingerprint density at radius 3 is 2.71 bits per heavy atom. The topological polar surface area (TPSA) is 62.6 Å². The fourth-order valence-electron chi connectivity index (χ4n) is 2.32. The molecule has 1 N–H and O–H groups in total. The number of amides is 2. The van der Waals surface area contributed by atoms with Crippen LogP contribution in [0.1, 0.15) is 45.1 Å². The maximum atomic E-state index is 12.5. The summed E-state index contributed by atoms with van der Waals surface area (Å²) in [5, 5.41) is 2.82. The summed E-state index contributed by atoms with van der Waals surface area (Å²) in [7, 11) is 0. The number of hydrogen-bond donors (Lipinski definition) is 1. The van der Waals surface area contributed by atoms with Gasteiger partial charge in [-0.15, -0.1) is 11.8 Å². The van der Waals surface area contributed by atoms with Gasteiger partial charge in [-0.2, -0.15) is 0 Å². The molecule has 0 radical (unpaired) electrons. The van der Waals surface area contributed by atoms with E-state index in [-0.39, 0.29) is 22.7 Å². The van der Waals surface area contributed by atoms with Gasteiger partial charge in [0.15, 0.2) is 0 Å². The van der Waals surface area contributed by atoms with Gasteiger partial charge in [-0.25, -0.2) is 0 Å². The average Bonchev–Trinajstić information content (AvgIpc) is 3.03. The molecule has 1 aliphatic rings. The van der Waals surface area contributed by atoms with E-state index in [2.05, 4.69) is 5.32 Å². The molecule has 6 heteroatoms. The lowest BCUT2D eigenvalue weighted by atomic mass is 10.1. The lowest BCUT2D eigenvalue weighted by Gasteiger charge is -2.30. The second kappa shape index (κ2) is 6.13. The summed E-state index contributed by atoms with van der Waals surface area (Å²) < 4.78 is 5.11. The van der Waals surface area contributed by atoms with Crippen LogP contribution in [0, 0.1) is 0 Å². The first-order chi connectivity index (χ1) is 9.83. The van der Waals surface area contributed by atoms with Gasteiger partial charge in [0.1, 0.15) is 11.4 Å². The van der Waals surface area contributed by atoms with Gasteiger partial charge in [0, 0.05) is 23.3 Å². The van der Waals surface area contributed by atoms with E-state index in [1.807, 2.05) is 33.8 Å². The first-order valence-corrected chi connectivity index (χ1v) is 8.15. The van der Waals surface area contributed by atoms with Gasteiger partial charge in [0.25, 0.3) is 0 Å². The summed E-state index contributed by atoms with van der Waals surface area (Å²) in [5.74, 6) is 0.492. The Labute approximate surface area is 129 Å². The summed E-state index contributed by atoms with van der Waals surface area (Å²) >= 11 is 1.60. The lowest BCUT2D eigenvalue weighted by Crippen LogP contribution is -2.52. The molecule has 0 aromatic carbocycles. The number of rotatable bonds is 3. The molecule has 5 nitrogen and oxygen atoms in total. The van der Waals surface area contributed by atoms with Crippen molar-refractivity contribution < 1.29 is 14.0 Å². The predicted molar refractivity (Wildman–Crippen MR) is 82.7 cm³/mol. The molecule has 1 aliphatic heterocycles. The second-order valence-corrected chi connectivity index (χ2v) is 7.27. The van der Waals surface area contributed by atoms with Crippen molar-refractivity contribution in [1.29, 1.82) is 0 Å². The highest BCUT2D eigenvalue weighted by Gasteiger charge is 2.42. The molecular weight excluding hydrogens is 288 g/mol. The van der Waals surface area contributed by atoms with Crippen molar-refractivity contribution in [3.8, 4) is 0 Å². The van der Waals surface area contributed by atoms with Gasteiger partial charge < -0.3 is 14.6 Å². The van der Waals surface area contributed by atoms with Crippen LogP contribution in [0.3, 0.4) is 0 Å². The SMILES string of the molecule is CCC(=O)N1C(C(=O)NC(C)(C)C)CSC1c1ccoc1. The third kappa shape index (κ3) is 3.61. The summed E-state index contributed by atoms with van der Waals surface area (Å²) in [6.07, 6.45) is 3.61. The van der Waals surface area contributed by atoms with Crippen LogP contribution in [0.25, 0.3) is 0 Å². The van der Waals surface area contributed by atoms with Gasteiger partial charge in [-0.3, -0.25) is 9.59 Å². The maximum Gasteiger partial charge on any atom is 0.244 e. The number of nitrogens with one attached hydrogen (secondary N) is 1. The second-order valence-electron chi connectivity index (χ2n) is 6.15. The van der Waals surface area contributed by atoms with Crippen LogP contribution in [-0.4, -0.2) is 34.0 Å². The van der Waals surface area contributed by atoms with Gasteiger partial charge in [0.05, 0.1) is 12.5 Å². The molecule has 116 valence electrons. The first-order valence-electron chi connectivity index (χ1n) is 7.10. The molecule has 1 aromatic rings. The normalized spacial score (nSPS) is 22.4. The molecule has 2 atom stereocenters. The van der Waals surface area contributed by atoms with Crippen molar-refractivity contribution in [2.75, 3.05) is 5.75 Å². The molecule has 0 saturated carbocycles. The monoisotopic (exact) mass is 310 g/mol. The largest absolute Gasteiger partial charge is 0.472 e. The Bertz CT molecular complexity index is 507. The fraction of sp³-hybridized carbons (Fsp3) is 0.600. The Morgan fingerprint density at radius 2 is 2.19 bits per heavy atom. The Balaban J connectivity index is 2.22. The summed E-state index contributed by atoms with van der Waals surface area (Å²) in [5.41, 5.74) is 0.615. The number of furan rings is 1. The van der Waals surface area contributed by atoms with Gasteiger partial charge in [0.2, 0.25) is 11.8 Å². The van der Waals surface area contributed by atoms with Crippen LogP contribution < -0.4 is 5.32 Å². The number of carbonyl (C=O) groups is 2. The Morgan fingerprint density at radius 1 is 1.48 bits per heavy atom. The highest BCUT2D eigenvalue weighted by atomic mass is 32.2. The number of carbonyl (C=O) groups excluding carboxylic acids is 2. The molecule has 2 unspecified atom stereocenters. The zero-order valence-corrected chi connectivity index (χ0v) is 13.7. The van der Waals surface area contributed by atoms with Crippen LogP contribution in [0.4, 0.5) is 0 Å². The highest BCUT2D eigenvalue weighted by molar-refractivity contribution is 7.99. The summed E-state index contributed by atoms with van der Waals surface area (Å²) in [4.78, 5) is 26.5. The van der Waals surface area contributed by atoms with E-state index in [0.29, 0.717) is 12.2 Å². The van der Waals surface area contributed by atoms with Crippen LogP contribution in [0.15, 0.2) is 23.0 Å². The standard InChI is InChI=1S/C15H22N2O3S/c1-5-12(18)17-11(13(19)16-15(2,3)4)9-21-14(17)10-6-7-20-8-10/h6-8,11,14H,5,9H2,1-4H3,(H,16,19). The average molecular weight is 310 g/mol. The van der Waals surface area contributed by atoms with Crippen LogP contribution in [0.5, 0.6) is 0 Å². The van der Waals surface area contributed by atoms with Gasteiger partial charge >= 0.3 is 0 Å². The molecule has 0 bridgehead atoms. The van der Waals surface area contributed by atoms with Crippen molar-refractivity contribution in [2.45, 2.75) is 51.1 Å². The zero-order chi connectivity index (χ0) is 15.6. The Hall–Kier alpha value is -1.43. The molecule has 2 amide bonds. The van der Waals surface area contributed by atoms with Crippen LogP contribution >= 0.6 is 11.8 Å². The first kappa shape index (κ1) is 15.9. The minimum absolute atomic E-state index is 0.0136. The molecule has 1 fully saturated rings. The van der Waals surface area contributed by atoms with Crippen LogP contribution in [-0.2, 0) is 9.59 Å². The minimum Gasteiger partial charge on any atom is -0.472 e. The third-order valence-corrected chi connectivity index (χ3v) is 4.54. The van der Waals surface area contributed by atoms with Crippen molar-refractivity contribution >= 4 is 23.6 Å². The molecule has 1 aromatic heterocycles. The molecule has 2 rings (SSSR count). The molecular formula is C15H22N2O3S. The van der Waals surface area contributed by atoms with E-state index in [1.165, 1.54) is 0 Å². The van der Waals surface area contributed by atoms with Gasteiger partial charge in [-0.05, 0) is 26.8 Å². The van der Waals surface area contributed by atoms with Crippen molar-refractivity contribution in [3.63, 3.8) is 0 Å². The van der Waals surface area contributed by atoms with Crippen molar-refractivity contribution in [2.24, 2.45) is 0 Å². The molecule has 0 aliphatic carbocycles. The van der Waals surface area contributed by atoms with Crippen molar-refractivity contribution in [1.82, 2.24) is 10.2 Å². The number of nitrogens with zero attached hydrogens (tertiary/aromatic N) is 1. The van der Waals surface area contributed by atoms with E-state index in [4.69, 9.17) is 4.42 Å². The zero-order valence-electron chi connectivity index (χ0n) is 12.9. The predicted octanol–water partition coefficient (Wildman–Crippen LogP) is 2.55. The van der Waals surface area contributed by atoms with E-state index in [1.54, 1.807) is 29.2 Å². The van der Waals surface area contributed by atoms with E-state index < -0.39 is 6.04 Å². The molecule has 21 heavy (non-hydrogen) atoms. The molecule has 2 heterocycles. The molecule has 1 saturated heterocycles.